The quantitative estimate of drug-likeness (QED) is 0.287. The first-order valence-corrected chi connectivity index (χ1v) is 13.2. The number of hydrogen-bond donors (Lipinski definition) is 0. The fraction of sp³-hybridized carbons (Fsp3) is 0.125. The van der Waals surface area contributed by atoms with Crippen LogP contribution in [0.15, 0.2) is 127 Å². The van der Waals surface area contributed by atoms with Crippen molar-refractivity contribution < 1.29 is 0 Å². The van der Waals surface area contributed by atoms with E-state index in [1.807, 2.05) is 0 Å². The van der Waals surface area contributed by atoms with Crippen LogP contribution in [0.2, 0.25) is 0 Å². The van der Waals surface area contributed by atoms with Crippen LogP contribution in [-0.4, -0.2) is 14.1 Å². The van der Waals surface area contributed by atoms with Gasteiger partial charge in [-0.3, -0.25) is 0 Å². The Morgan fingerprint density at radius 1 is 0.706 bits per heavy atom. The number of benzene rings is 4. The van der Waals surface area contributed by atoms with Crippen molar-refractivity contribution in [3.8, 4) is 0 Å². The number of rotatable bonds is 7. The van der Waals surface area contributed by atoms with Gasteiger partial charge in [0.25, 0.3) is 0 Å². The summed E-state index contributed by atoms with van der Waals surface area (Å²) in [6.45, 7) is 0. The molecule has 0 atom stereocenters. The minimum Gasteiger partial charge on any atom is -0.378 e. The van der Waals surface area contributed by atoms with Crippen molar-refractivity contribution in [3.63, 3.8) is 0 Å². The molecule has 0 radical (unpaired) electrons. The highest BCUT2D eigenvalue weighted by Gasteiger charge is 2.23. The highest BCUT2D eigenvalue weighted by Crippen LogP contribution is 2.39. The molecule has 0 saturated carbocycles. The largest absolute Gasteiger partial charge is 0.378 e. The Morgan fingerprint density at radius 2 is 1.29 bits per heavy atom. The monoisotopic (exact) mass is 459 g/mol. The molecule has 1 aliphatic rings. The highest BCUT2D eigenvalue weighted by atomic mass is 31.1. The van der Waals surface area contributed by atoms with Crippen LogP contribution in [0.5, 0.6) is 0 Å². The molecule has 0 aromatic heterocycles. The SMILES string of the molecule is CN(C)c1ccc(C2=CC(Cc3ccccc3)=CC2)c(P(c2ccccc2)c2ccccc2)c1. The second-order valence-electron chi connectivity index (χ2n) is 8.92. The molecular formula is C32H30NP. The van der Waals surface area contributed by atoms with Crippen LogP contribution >= 0.6 is 7.92 Å². The van der Waals surface area contributed by atoms with Crippen LogP contribution in [-0.2, 0) is 6.42 Å². The summed E-state index contributed by atoms with van der Waals surface area (Å²) in [5, 5.41) is 4.20. The second kappa shape index (κ2) is 10.2. The van der Waals surface area contributed by atoms with Gasteiger partial charge in [0.15, 0.2) is 0 Å². The summed E-state index contributed by atoms with van der Waals surface area (Å²) in [4.78, 5) is 2.21. The van der Waals surface area contributed by atoms with Crippen LogP contribution in [0.1, 0.15) is 17.5 Å². The van der Waals surface area contributed by atoms with Crippen molar-refractivity contribution in [2.75, 3.05) is 19.0 Å². The zero-order valence-electron chi connectivity index (χ0n) is 19.9. The normalized spacial score (nSPS) is 13.0. The number of anilines is 1. The van der Waals surface area contributed by atoms with Gasteiger partial charge in [-0.1, -0.05) is 109 Å². The van der Waals surface area contributed by atoms with E-state index in [2.05, 4.69) is 140 Å². The molecule has 4 aromatic carbocycles. The van der Waals surface area contributed by atoms with Crippen LogP contribution in [0.3, 0.4) is 0 Å². The molecule has 5 rings (SSSR count). The fourth-order valence-electron chi connectivity index (χ4n) is 4.56. The lowest BCUT2D eigenvalue weighted by Gasteiger charge is -2.25. The van der Waals surface area contributed by atoms with Crippen molar-refractivity contribution in [2.24, 2.45) is 0 Å². The molecule has 168 valence electrons. The maximum absolute atomic E-state index is 2.42. The minimum atomic E-state index is -0.677. The Labute approximate surface area is 204 Å². The van der Waals surface area contributed by atoms with Crippen LogP contribution in [0.4, 0.5) is 5.69 Å². The molecule has 4 aromatic rings. The Kier molecular flexibility index (Phi) is 6.74. The predicted molar refractivity (Wildman–Crippen MR) is 150 cm³/mol. The summed E-state index contributed by atoms with van der Waals surface area (Å²) in [7, 11) is 3.57. The van der Waals surface area contributed by atoms with Crippen molar-refractivity contribution >= 4 is 35.1 Å². The molecule has 0 saturated heterocycles. The molecular weight excluding hydrogens is 429 g/mol. The zero-order valence-corrected chi connectivity index (χ0v) is 20.8. The van der Waals surface area contributed by atoms with Crippen molar-refractivity contribution in [2.45, 2.75) is 12.8 Å². The van der Waals surface area contributed by atoms with E-state index in [9.17, 15) is 0 Å². The average molecular weight is 460 g/mol. The topological polar surface area (TPSA) is 3.24 Å². The van der Waals surface area contributed by atoms with Gasteiger partial charge in [0.1, 0.15) is 0 Å². The van der Waals surface area contributed by atoms with Crippen LogP contribution in [0, 0.1) is 0 Å². The van der Waals surface area contributed by atoms with Gasteiger partial charge in [-0.05, 0) is 71.1 Å². The summed E-state index contributed by atoms with van der Waals surface area (Å²) >= 11 is 0. The van der Waals surface area contributed by atoms with Gasteiger partial charge in [0.2, 0.25) is 0 Å². The highest BCUT2D eigenvalue weighted by molar-refractivity contribution is 7.80. The third-order valence-electron chi connectivity index (χ3n) is 6.31. The molecule has 0 heterocycles. The smallest absolute Gasteiger partial charge is 0.0368 e. The molecule has 34 heavy (non-hydrogen) atoms. The summed E-state index contributed by atoms with van der Waals surface area (Å²) < 4.78 is 0. The molecule has 0 spiro atoms. The first-order chi connectivity index (χ1) is 16.7. The summed E-state index contributed by atoms with van der Waals surface area (Å²) in [6.07, 6.45) is 6.80. The van der Waals surface area contributed by atoms with E-state index in [-0.39, 0.29) is 0 Å². The van der Waals surface area contributed by atoms with Crippen LogP contribution in [0.25, 0.3) is 5.57 Å². The van der Waals surface area contributed by atoms with E-state index >= 15 is 0 Å². The molecule has 0 bridgehead atoms. The van der Waals surface area contributed by atoms with E-state index < -0.39 is 7.92 Å². The van der Waals surface area contributed by atoms with E-state index in [1.165, 1.54) is 43.9 Å². The number of nitrogens with zero attached hydrogens (tertiary/aromatic N) is 1. The number of allylic oxidation sites excluding steroid dienone is 4. The molecule has 0 unspecified atom stereocenters. The van der Waals surface area contributed by atoms with E-state index in [1.54, 1.807) is 0 Å². The molecule has 0 aliphatic heterocycles. The predicted octanol–water partition coefficient (Wildman–Crippen LogP) is 6.47. The first-order valence-electron chi connectivity index (χ1n) is 11.8. The van der Waals surface area contributed by atoms with E-state index in [0.717, 1.165) is 12.8 Å². The standard InChI is InChI=1S/C32H30NP/c1-33(2)28-20-21-31(27-19-18-26(23-27)22-25-12-6-3-7-13-25)32(24-28)34(29-14-8-4-9-15-29)30-16-10-5-11-17-30/h3-18,20-21,23-24H,19,22H2,1-2H3. The van der Waals surface area contributed by atoms with Gasteiger partial charge in [-0.25, -0.2) is 0 Å². The van der Waals surface area contributed by atoms with Crippen molar-refractivity contribution in [3.05, 3.63) is 138 Å². The van der Waals surface area contributed by atoms with Gasteiger partial charge < -0.3 is 4.90 Å². The van der Waals surface area contributed by atoms with Crippen molar-refractivity contribution in [1.29, 1.82) is 0 Å². The van der Waals surface area contributed by atoms with Gasteiger partial charge in [-0.2, -0.15) is 0 Å². The lowest BCUT2D eigenvalue weighted by Crippen LogP contribution is -2.24. The van der Waals surface area contributed by atoms with Crippen molar-refractivity contribution in [1.82, 2.24) is 0 Å². The van der Waals surface area contributed by atoms with E-state index in [0.29, 0.717) is 0 Å². The zero-order chi connectivity index (χ0) is 23.3. The lowest BCUT2D eigenvalue weighted by atomic mass is 10.0. The number of hydrogen-bond acceptors (Lipinski definition) is 1. The van der Waals surface area contributed by atoms with Gasteiger partial charge in [-0.15, -0.1) is 0 Å². The Hall–Kier alpha value is -3.41. The molecule has 0 N–H and O–H groups in total. The van der Waals surface area contributed by atoms with Crippen LogP contribution < -0.4 is 20.8 Å². The van der Waals surface area contributed by atoms with Gasteiger partial charge >= 0.3 is 0 Å². The summed E-state index contributed by atoms with van der Waals surface area (Å²) in [5.74, 6) is 0. The Balaban J connectivity index is 1.60. The molecule has 0 amide bonds. The first kappa shape index (κ1) is 22.4. The molecule has 1 aliphatic carbocycles. The van der Waals surface area contributed by atoms with Gasteiger partial charge in [0.05, 0.1) is 0 Å². The third kappa shape index (κ3) is 4.91. The van der Waals surface area contributed by atoms with Gasteiger partial charge in [0, 0.05) is 19.8 Å². The molecule has 2 heteroatoms. The Morgan fingerprint density at radius 3 is 1.88 bits per heavy atom. The minimum absolute atomic E-state index is 0.677. The lowest BCUT2D eigenvalue weighted by molar-refractivity contribution is 1.13. The molecule has 0 fully saturated rings. The molecule has 1 nitrogen and oxygen atoms in total. The van der Waals surface area contributed by atoms with E-state index in [4.69, 9.17) is 0 Å². The summed E-state index contributed by atoms with van der Waals surface area (Å²) in [6, 6.07) is 39.8. The summed E-state index contributed by atoms with van der Waals surface area (Å²) in [5.41, 5.74) is 6.82. The maximum Gasteiger partial charge on any atom is 0.0368 e. The maximum atomic E-state index is 2.42. The fourth-order valence-corrected chi connectivity index (χ4v) is 7.08. The Bertz CT molecular complexity index is 1270. The average Bonchev–Trinajstić information content (AvgIpc) is 3.34. The second-order valence-corrected chi connectivity index (χ2v) is 11.1. The third-order valence-corrected chi connectivity index (χ3v) is 8.79.